The molecule has 0 radical (unpaired) electrons. The quantitative estimate of drug-likeness (QED) is 0.826. The molecule has 2 aromatic rings. The van der Waals surface area contributed by atoms with Gasteiger partial charge in [0.2, 0.25) is 5.91 Å². The Morgan fingerprint density at radius 1 is 1.38 bits per heavy atom. The Balaban J connectivity index is 1.61. The minimum Gasteiger partial charge on any atom is -0.463 e. The van der Waals surface area contributed by atoms with Crippen molar-refractivity contribution in [2.45, 2.75) is 32.6 Å². The van der Waals surface area contributed by atoms with Gasteiger partial charge in [-0.05, 0) is 43.5 Å². The smallest absolute Gasteiger partial charge is 0.224 e. The molecule has 1 fully saturated rings. The fourth-order valence-corrected chi connectivity index (χ4v) is 2.98. The first-order valence-electron chi connectivity index (χ1n) is 8.68. The zero-order valence-corrected chi connectivity index (χ0v) is 14.1. The topological polar surface area (TPSA) is 71.3 Å². The van der Waals surface area contributed by atoms with Crippen molar-refractivity contribution in [2.24, 2.45) is 5.92 Å². The lowest BCUT2D eigenvalue weighted by molar-refractivity contribution is -0.125. The SMILES string of the molecule is CCCCNC(=O)C1CCCN(c2ccc(-c3ccco3)nn2)C1. The van der Waals surface area contributed by atoms with Crippen LogP contribution >= 0.6 is 0 Å². The lowest BCUT2D eigenvalue weighted by Crippen LogP contribution is -2.43. The number of nitrogens with one attached hydrogen (secondary N) is 1. The first-order chi connectivity index (χ1) is 11.8. The second-order valence-corrected chi connectivity index (χ2v) is 6.18. The Bertz CT molecular complexity index is 640. The van der Waals surface area contributed by atoms with Crippen LogP contribution in [0.25, 0.3) is 11.5 Å². The zero-order valence-electron chi connectivity index (χ0n) is 14.1. The molecule has 24 heavy (non-hydrogen) atoms. The summed E-state index contributed by atoms with van der Waals surface area (Å²) < 4.78 is 5.33. The van der Waals surface area contributed by atoms with Crippen molar-refractivity contribution in [1.82, 2.24) is 15.5 Å². The number of nitrogens with zero attached hydrogens (tertiary/aromatic N) is 3. The van der Waals surface area contributed by atoms with E-state index in [1.165, 1.54) is 0 Å². The number of unbranched alkanes of at least 4 members (excludes halogenated alkanes) is 1. The summed E-state index contributed by atoms with van der Waals surface area (Å²) in [6.07, 6.45) is 5.67. The Labute approximate surface area is 142 Å². The van der Waals surface area contributed by atoms with Crippen LogP contribution in [0.15, 0.2) is 34.9 Å². The second-order valence-electron chi connectivity index (χ2n) is 6.18. The zero-order chi connectivity index (χ0) is 16.8. The largest absolute Gasteiger partial charge is 0.463 e. The molecule has 1 amide bonds. The van der Waals surface area contributed by atoms with Crippen LogP contribution in [-0.4, -0.2) is 35.7 Å². The van der Waals surface area contributed by atoms with E-state index in [1.807, 2.05) is 24.3 Å². The number of aromatic nitrogens is 2. The van der Waals surface area contributed by atoms with Gasteiger partial charge >= 0.3 is 0 Å². The third-order valence-corrected chi connectivity index (χ3v) is 4.37. The number of hydrogen-bond acceptors (Lipinski definition) is 5. The van der Waals surface area contributed by atoms with E-state index in [1.54, 1.807) is 6.26 Å². The molecule has 1 N–H and O–H groups in total. The van der Waals surface area contributed by atoms with Gasteiger partial charge in [0.15, 0.2) is 11.6 Å². The van der Waals surface area contributed by atoms with Crippen molar-refractivity contribution in [3.05, 3.63) is 30.5 Å². The van der Waals surface area contributed by atoms with Gasteiger partial charge in [0.05, 0.1) is 12.2 Å². The van der Waals surface area contributed by atoms with E-state index in [0.29, 0.717) is 12.3 Å². The van der Waals surface area contributed by atoms with Gasteiger partial charge in [0, 0.05) is 19.6 Å². The Kier molecular flexibility index (Phi) is 5.46. The van der Waals surface area contributed by atoms with E-state index in [4.69, 9.17) is 4.42 Å². The first-order valence-corrected chi connectivity index (χ1v) is 8.68. The van der Waals surface area contributed by atoms with Gasteiger partial charge in [-0.25, -0.2) is 0 Å². The molecular weight excluding hydrogens is 304 g/mol. The normalized spacial score (nSPS) is 17.7. The average molecular weight is 328 g/mol. The summed E-state index contributed by atoms with van der Waals surface area (Å²) >= 11 is 0. The Hall–Kier alpha value is -2.37. The van der Waals surface area contributed by atoms with Crippen molar-refractivity contribution in [1.29, 1.82) is 0 Å². The minimum atomic E-state index is 0.0298. The van der Waals surface area contributed by atoms with Crippen LogP contribution in [0.4, 0.5) is 5.82 Å². The second kappa shape index (κ2) is 7.95. The van der Waals surface area contributed by atoms with Gasteiger partial charge in [0.25, 0.3) is 0 Å². The monoisotopic (exact) mass is 328 g/mol. The third-order valence-electron chi connectivity index (χ3n) is 4.37. The molecule has 0 aliphatic carbocycles. The molecule has 128 valence electrons. The number of carbonyl (C=O) groups excluding carboxylic acids is 1. The van der Waals surface area contributed by atoms with Gasteiger partial charge in [-0.3, -0.25) is 4.79 Å². The van der Waals surface area contributed by atoms with Gasteiger partial charge in [-0.15, -0.1) is 10.2 Å². The van der Waals surface area contributed by atoms with Gasteiger partial charge in [-0.1, -0.05) is 13.3 Å². The highest BCUT2D eigenvalue weighted by atomic mass is 16.3. The standard InChI is InChI=1S/C18H24N4O2/c1-2-3-10-19-18(23)14-6-4-11-22(13-14)17-9-8-15(20-21-17)16-7-5-12-24-16/h5,7-9,12,14H,2-4,6,10-11,13H2,1H3,(H,19,23). The molecule has 0 aromatic carbocycles. The number of furan rings is 1. The number of piperidine rings is 1. The van der Waals surface area contributed by atoms with Gasteiger partial charge in [0.1, 0.15) is 5.69 Å². The lowest BCUT2D eigenvalue weighted by atomic mass is 9.97. The molecule has 2 aromatic heterocycles. The summed E-state index contributed by atoms with van der Waals surface area (Å²) in [5, 5.41) is 11.6. The van der Waals surface area contributed by atoms with E-state index in [9.17, 15) is 4.79 Å². The van der Waals surface area contributed by atoms with E-state index in [0.717, 1.165) is 50.3 Å². The van der Waals surface area contributed by atoms with Gasteiger partial charge < -0.3 is 14.6 Å². The molecule has 3 rings (SSSR count). The van der Waals surface area contributed by atoms with Crippen LogP contribution in [0.1, 0.15) is 32.6 Å². The number of rotatable bonds is 6. The molecule has 1 aliphatic rings. The fourth-order valence-electron chi connectivity index (χ4n) is 2.98. The highest BCUT2D eigenvalue weighted by Gasteiger charge is 2.26. The van der Waals surface area contributed by atoms with Crippen molar-refractivity contribution < 1.29 is 9.21 Å². The molecule has 0 saturated carbocycles. The van der Waals surface area contributed by atoms with Crippen LogP contribution < -0.4 is 10.2 Å². The van der Waals surface area contributed by atoms with Crippen LogP contribution in [-0.2, 0) is 4.79 Å². The molecule has 0 spiro atoms. The summed E-state index contributed by atoms with van der Waals surface area (Å²) in [7, 11) is 0. The summed E-state index contributed by atoms with van der Waals surface area (Å²) in [6.45, 7) is 4.50. The maximum atomic E-state index is 12.3. The van der Waals surface area contributed by atoms with Crippen molar-refractivity contribution >= 4 is 11.7 Å². The number of hydrogen-bond donors (Lipinski definition) is 1. The molecule has 3 heterocycles. The highest BCUT2D eigenvalue weighted by molar-refractivity contribution is 5.79. The molecule has 0 bridgehead atoms. The van der Waals surface area contributed by atoms with Crippen molar-refractivity contribution in [3.63, 3.8) is 0 Å². The maximum Gasteiger partial charge on any atom is 0.224 e. The summed E-state index contributed by atoms with van der Waals surface area (Å²) in [6, 6.07) is 7.55. The predicted octanol–water partition coefficient (Wildman–Crippen LogP) is 2.87. The maximum absolute atomic E-state index is 12.3. The van der Waals surface area contributed by atoms with Crippen LogP contribution in [0, 0.1) is 5.92 Å². The minimum absolute atomic E-state index is 0.0298. The van der Waals surface area contributed by atoms with E-state index < -0.39 is 0 Å². The number of amides is 1. The Morgan fingerprint density at radius 3 is 3.00 bits per heavy atom. The third kappa shape index (κ3) is 3.93. The van der Waals surface area contributed by atoms with E-state index in [2.05, 4.69) is 27.3 Å². The predicted molar refractivity (Wildman–Crippen MR) is 92.6 cm³/mol. The van der Waals surface area contributed by atoms with Gasteiger partial charge in [-0.2, -0.15) is 0 Å². The molecular formula is C18H24N4O2. The molecule has 1 unspecified atom stereocenters. The Morgan fingerprint density at radius 2 is 2.29 bits per heavy atom. The summed E-state index contributed by atoms with van der Waals surface area (Å²) in [4.78, 5) is 14.4. The van der Waals surface area contributed by atoms with E-state index in [-0.39, 0.29) is 11.8 Å². The van der Waals surface area contributed by atoms with Crippen molar-refractivity contribution in [3.8, 4) is 11.5 Å². The summed E-state index contributed by atoms with van der Waals surface area (Å²) in [5.41, 5.74) is 0.717. The molecule has 1 aliphatic heterocycles. The summed E-state index contributed by atoms with van der Waals surface area (Å²) in [5.74, 6) is 1.72. The van der Waals surface area contributed by atoms with Crippen molar-refractivity contribution in [2.75, 3.05) is 24.5 Å². The number of anilines is 1. The lowest BCUT2D eigenvalue weighted by Gasteiger charge is -2.32. The van der Waals surface area contributed by atoms with E-state index >= 15 is 0 Å². The average Bonchev–Trinajstić information content (AvgIpc) is 3.17. The molecule has 6 nitrogen and oxygen atoms in total. The number of carbonyl (C=O) groups is 1. The first kappa shape index (κ1) is 16.5. The van der Waals surface area contributed by atoms with Crippen LogP contribution in [0.3, 0.4) is 0 Å². The van der Waals surface area contributed by atoms with Crippen LogP contribution in [0.2, 0.25) is 0 Å². The van der Waals surface area contributed by atoms with Crippen LogP contribution in [0.5, 0.6) is 0 Å². The highest BCUT2D eigenvalue weighted by Crippen LogP contribution is 2.23. The molecule has 1 saturated heterocycles. The fraction of sp³-hybridized carbons (Fsp3) is 0.500. The molecule has 6 heteroatoms. The molecule has 1 atom stereocenters.